The van der Waals surface area contributed by atoms with Crippen molar-refractivity contribution in [2.24, 2.45) is 23.5 Å². The number of hydrogen-bond acceptors (Lipinski definition) is 5. The van der Waals surface area contributed by atoms with E-state index in [0.717, 1.165) is 0 Å². The number of rotatable bonds is 7. The molecule has 5 N–H and O–H groups in total. The first kappa shape index (κ1) is 18.5. The van der Waals surface area contributed by atoms with Crippen LogP contribution in [0, 0.1) is 17.8 Å². The van der Waals surface area contributed by atoms with E-state index >= 15 is 0 Å². The van der Waals surface area contributed by atoms with Crippen LogP contribution in [0.15, 0.2) is 0 Å². The van der Waals surface area contributed by atoms with E-state index in [-0.39, 0.29) is 18.3 Å². The summed E-state index contributed by atoms with van der Waals surface area (Å²) in [5, 5.41) is 10.8. The van der Waals surface area contributed by atoms with Crippen molar-refractivity contribution >= 4 is 17.7 Å². The Kier molecular flexibility index (Phi) is 8.02. The van der Waals surface area contributed by atoms with Crippen LogP contribution >= 0.6 is 0 Å². The molecule has 7 heteroatoms. The van der Waals surface area contributed by atoms with Crippen molar-refractivity contribution in [3.05, 3.63) is 0 Å². The first-order valence-electron chi connectivity index (χ1n) is 6.72. The Hall–Kier alpha value is -1.47. The molecule has 0 radical (unpaired) electrons. The number of nitrogens with one attached hydrogen (secondary N) is 2. The Morgan fingerprint density at radius 1 is 1.10 bits per heavy atom. The summed E-state index contributed by atoms with van der Waals surface area (Å²) in [7, 11) is 0. The van der Waals surface area contributed by atoms with Gasteiger partial charge in [-0.1, -0.05) is 27.7 Å². The Morgan fingerprint density at radius 2 is 1.65 bits per heavy atom. The highest BCUT2D eigenvalue weighted by Crippen LogP contribution is 2.16. The molecule has 0 aromatic heterocycles. The minimum Gasteiger partial charge on any atom is -0.320 e. The lowest BCUT2D eigenvalue weighted by molar-refractivity contribution is -0.138. The molecule has 0 saturated carbocycles. The molecule has 116 valence electrons. The fraction of sp³-hybridized carbons (Fsp3) is 0.769. The van der Waals surface area contributed by atoms with E-state index in [0.29, 0.717) is 6.42 Å². The van der Waals surface area contributed by atoms with Gasteiger partial charge in [0.25, 0.3) is 0 Å². The maximum absolute atomic E-state index is 12.0. The Bertz CT molecular complexity index is 356. The molecular formula is C13H25N3O4. The second kappa shape index (κ2) is 8.65. The quantitative estimate of drug-likeness (QED) is 0.393. The molecule has 7 nitrogen and oxygen atoms in total. The third-order valence-electron chi connectivity index (χ3n) is 2.95. The first-order chi connectivity index (χ1) is 9.18. The number of hydroxylamine groups is 1. The number of carbonyl (C=O) groups is 3. The van der Waals surface area contributed by atoms with Crippen molar-refractivity contribution in [3.63, 3.8) is 0 Å². The van der Waals surface area contributed by atoms with Gasteiger partial charge in [-0.05, 0) is 18.3 Å². The third kappa shape index (κ3) is 6.63. The van der Waals surface area contributed by atoms with E-state index in [1.807, 2.05) is 13.8 Å². The molecule has 20 heavy (non-hydrogen) atoms. The standard InChI is InChI=1S/C13H25N3O4/c1-7(2)5-9(6-10(17)16-20)12(18)15-13(19)11(14)8(3)4/h7-9,11,20H,5-6,14H2,1-4H3,(H,16,17)(H,15,18,19)/t9?,11-/m0/s1. The van der Waals surface area contributed by atoms with E-state index in [1.54, 1.807) is 13.8 Å². The van der Waals surface area contributed by atoms with Gasteiger partial charge in [-0.15, -0.1) is 0 Å². The molecule has 0 rings (SSSR count). The minimum atomic E-state index is -0.773. The van der Waals surface area contributed by atoms with Crippen LogP contribution in [-0.2, 0) is 14.4 Å². The fourth-order valence-electron chi connectivity index (χ4n) is 1.73. The lowest BCUT2D eigenvalue weighted by Crippen LogP contribution is -2.48. The van der Waals surface area contributed by atoms with Gasteiger partial charge in [-0.2, -0.15) is 0 Å². The third-order valence-corrected chi connectivity index (χ3v) is 2.95. The van der Waals surface area contributed by atoms with Crippen molar-refractivity contribution in [2.45, 2.75) is 46.6 Å². The summed E-state index contributed by atoms with van der Waals surface area (Å²) in [5.74, 6) is -2.35. The van der Waals surface area contributed by atoms with Gasteiger partial charge in [0.15, 0.2) is 0 Å². The maximum atomic E-state index is 12.0. The lowest BCUT2D eigenvalue weighted by Gasteiger charge is -2.19. The summed E-state index contributed by atoms with van der Waals surface area (Å²) >= 11 is 0. The molecule has 0 fully saturated rings. The average molecular weight is 287 g/mol. The first-order valence-corrected chi connectivity index (χ1v) is 6.72. The Morgan fingerprint density at radius 3 is 2.05 bits per heavy atom. The largest absolute Gasteiger partial charge is 0.320 e. The van der Waals surface area contributed by atoms with Crippen molar-refractivity contribution in [3.8, 4) is 0 Å². The SMILES string of the molecule is CC(C)CC(CC(=O)NO)C(=O)NC(=O)[C@@H](N)C(C)C. The molecule has 0 heterocycles. The van der Waals surface area contributed by atoms with Gasteiger partial charge in [0.2, 0.25) is 17.7 Å². The van der Waals surface area contributed by atoms with Gasteiger partial charge < -0.3 is 5.73 Å². The normalized spacial score (nSPS) is 14.0. The van der Waals surface area contributed by atoms with Crippen molar-refractivity contribution in [2.75, 3.05) is 0 Å². The molecule has 0 aliphatic heterocycles. The molecule has 0 bridgehead atoms. The van der Waals surface area contributed by atoms with Crippen LogP contribution in [0.25, 0.3) is 0 Å². The van der Waals surface area contributed by atoms with E-state index in [4.69, 9.17) is 10.9 Å². The van der Waals surface area contributed by atoms with Crippen LogP contribution < -0.4 is 16.5 Å². The van der Waals surface area contributed by atoms with Gasteiger partial charge in [0.05, 0.1) is 6.04 Å². The summed E-state index contributed by atoms with van der Waals surface area (Å²) in [6.45, 7) is 7.36. The topological polar surface area (TPSA) is 122 Å². The van der Waals surface area contributed by atoms with Crippen molar-refractivity contribution < 1.29 is 19.6 Å². The van der Waals surface area contributed by atoms with Gasteiger partial charge in [0, 0.05) is 12.3 Å². The molecule has 2 atom stereocenters. The summed E-state index contributed by atoms with van der Waals surface area (Å²) in [4.78, 5) is 34.9. The molecule has 0 aliphatic carbocycles. The zero-order chi connectivity index (χ0) is 15.9. The van der Waals surface area contributed by atoms with Gasteiger partial charge in [-0.25, -0.2) is 5.48 Å². The summed E-state index contributed by atoms with van der Waals surface area (Å²) in [6.07, 6.45) is 0.258. The van der Waals surface area contributed by atoms with Gasteiger partial charge in [-0.3, -0.25) is 24.9 Å². The summed E-state index contributed by atoms with van der Waals surface area (Å²) in [5.41, 5.74) is 7.14. The van der Waals surface area contributed by atoms with E-state index in [9.17, 15) is 14.4 Å². The van der Waals surface area contributed by atoms with E-state index in [2.05, 4.69) is 5.32 Å². The number of imide groups is 1. The second-order valence-electron chi connectivity index (χ2n) is 5.69. The highest BCUT2D eigenvalue weighted by Gasteiger charge is 2.26. The second-order valence-corrected chi connectivity index (χ2v) is 5.69. The predicted molar refractivity (Wildman–Crippen MR) is 73.5 cm³/mol. The van der Waals surface area contributed by atoms with E-state index in [1.165, 1.54) is 5.48 Å². The highest BCUT2D eigenvalue weighted by atomic mass is 16.5. The highest BCUT2D eigenvalue weighted by molar-refractivity contribution is 5.99. The van der Waals surface area contributed by atoms with E-state index < -0.39 is 29.7 Å². The molecular weight excluding hydrogens is 262 g/mol. The lowest BCUT2D eigenvalue weighted by atomic mass is 9.92. The van der Waals surface area contributed by atoms with Crippen LogP contribution in [0.4, 0.5) is 0 Å². The summed E-state index contributed by atoms with van der Waals surface area (Å²) in [6, 6.07) is -0.773. The van der Waals surface area contributed by atoms with Crippen LogP contribution in [0.3, 0.4) is 0 Å². The zero-order valence-corrected chi connectivity index (χ0v) is 12.5. The fourth-order valence-corrected chi connectivity index (χ4v) is 1.73. The smallest absolute Gasteiger partial charge is 0.244 e. The molecule has 0 spiro atoms. The molecule has 0 aromatic carbocycles. The molecule has 0 aliphatic rings. The van der Waals surface area contributed by atoms with Crippen LogP contribution in [0.1, 0.15) is 40.5 Å². The van der Waals surface area contributed by atoms with Gasteiger partial charge >= 0.3 is 0 Å². The molecule has 0 aromatic rings. The van der Waals surface area contributed by atoms with Gasteiger partial charge in [0.1, 0.15) is 0 Å². The maximum Gasteiger partial charge on any atom is 0.244 e. The number of amides is 3. The molecule has 0 saturated heterocycles. The molecule has 3 amide bonds. The van der Waals surface area contributed by atoms with Crippen molar-refractivity contribution in [1.82, 2.24) is 10.8 Å². The summed E-state index contributed by atoms with van der Waals surface area (Å²) < 4.78 is 0. The monoisotopic (exact) mass is 287 g/mol. The van der Waals surface area contributed by atoms with Crippen LogP contribution in [0.5, 0.6) is 0 Å². The number of nitrogens with two attached hydrogens (primary N) is 1. The molecule has 1 unspecified atom stereocenters. The zero-order valence-electron chi connectivity index (χ0n) is 12.5. The Balaban J connectivity index is 4.70. The van der Waals surface area contributed by atoms with Crippen LogP contribution in [0.2, 0.25) is 0 Å². The van der Waals surface area contributed by atoms with Crippen LogP contribution in [-0.4, -0.2) is 29.0 Å². The Labute approximate surface area is 119 Å². The number of carbonyl (C=O) groups excluding carboxylic acids is 3. The average Bonchev–Trinajstić information content (AvgIpc) is 2.35. The number of hydrogen-bond donors (Lipinski definition) is 4. The predicted octanol–water partition coefficient (Wildman–Crippen LogP) is 0.170. The van der Waals surface area contributed by atoms with Crippen molar-refractivity contribution in [1.29, 1.82) is 0 Å². The minimum absolute atomic E-state index is 0.0907.